The molecule has 0 atom stereocenters. The van der Waals surface area contributed by atoms with E-state index in [0.717, 1.165) is 30.5 Å². The number of H-pyrrole nitrogens is 1. The minimum Gasteiger partial charge on any atom is -0.497 e. The Morgan fingerprint density at radius 1 is 1.22 bits per heavy atom. The Bertz CT molecular complexity index is 809. The predicted octanol–water partition coefficient (Wildman–Crippen LogP) is 3.17. The largest absolute Gasteiger partial charge is 0.497 e. The lowest BCUT2D eigenvalue weighted by Gasteiger charge is -2.25. The number of nitrogens with one attached hydrogen (secondary N) is 2. The first-order chi connectivity index (χ1) is 13.1. The van der Waals surface area contributed by atoms with E-state index in [0.29, 0.717) is 17.9 Å². The van der Waals surface area contributed by atoms with Crippen molar-refractivity contribution in [2.24, 2.45) is 0 Å². The average molecular weight is 373 g/mol. The maximum atomic E-state index is 12.5. The van der Waals surface area contributed by atoms with E-state index in [9.17, 15) is 9.59 Å². The molecule has 1 saturated heterocycles. The lowest BCUT2D eigenvalue weighted by molar-refractivity contribution is -0.116. The van der Waals surface area contributed by atoms with Gasteiger partial charge in [-0.05, 0) is 51.1 Å². The van der Waals surface area contributed by atoms with Crippen LogP contribution in [0.25, 0.3) is 10.9 Å². The summed E-state index contributed by atoms with van der Waals surface area (Å²) in [5.41, 5.74) is 1.45. The number of anilines is 1. The summed E-state index contributed by atoms with van der Waals surface area (Å²) in [4.78, 5) is 30.2. The third-order valence-corrected chi connectivity index (χ3v) is 4.85. The zero-order valence-corrected chi connectivity index (χ0v) is 16.0. The molecule has 3 rings (SSSR count). The van der Waals surface area contributed by atoms with Gasteiger partial charge in [-0.2, -0.15) is 0 Å². The second-order valence-electron chi connectivity index (χ2n) is 6.71. The van der Waals surface area contributed by atoms with Crippen molar-refractivity contribution < 1.29 is 19.1 Å². The topological polar surface area (TPSA) is 83.7 Å². The minimum atomic E-state index is -0.487. The molecule has 27 heavy (non-hydrogen) atoms. The zero-order chi connectivity index (χ0) is 19.2. The fourth-order valence-corrected chi connectivity index (χ4v) is 3.43. The van der Waals surface area contributed by atoms with E-state index in [-0.39, 0.29) is 18.2 Å². The summed E-state index contributed by atoms with van der Waals surface area (Å²) in [7, 11) is 1.58. The Morgan fingerprint density at radius 2 is 2.00 bits per heavy atom. The normalized spacial score (nSPS) is 14.9. The molecule has 2 aromatic rings. The average Bonchev–Trinajstić information content (AvgIpc) is 3.05. The number of esters is 1. The summed E-state index contributed by atoms with van der Waals surface area (Å²) in [5.74, 6) is 0.0505. The van der Waals surface area contributed by atoms with E-state index in [1.165, 1.54) is 19.3 Å². The number of aromatic amines is 1. The predicted molar refractivity (Wildman–Crippen MR) is 104 cm³/mol. The smallest absolute Gasteiger partial charge is 0.356 e. The van der Waals surface area contributed by atoms with E-state index in [2.05, 4.69) is 15.2 Å². The molecule has 7 nitrogen and oxygen atoms in total. The SMILES string of the molecule is CCOC(=O)c1[nH]c2ccc(OC)cc2c1NC(=O)CCN1CCCCC1. The van der Waals surface area contributed by atoms with Gasteiger partial charge >= 0.3 is 5.97 Å². The maximum absolute atomic E-state index is 12.5. The van der Waals surface area contributed by atoms with Gasteiger partial charge in [-0.1, -0.05) is 6.42 Å². The van der Waals surface area contributed by atoms with Gasteiger partial charge in [0.05, 0.1) is 19.4 Å². The molecule has 1 aliphatic rings. The monoisotopic (exact) mass is 373 g/mol. The Kier molecular flexibility index (Phi) is 6.34. The van der Waals surface area contributed by atoms with Crippen LogP contribution in [0.4, 0.5) is 5.69 Å². The van der Waals surface area contributed by atoms with Crippen LogP contribution in [0.1, 0.15) is 43.1 Å². The van der Waals surface area contributed by atoms with Crippen molar-refractivity contribution in [2.75, 3.05) is 38.7 Å². The summed E-state index contributed by atoms with van der Waals surface area (Å²) in [5, 5.41) is 3.64. The molecule has 1 aliphatic heterocycles. The Labute approximate surface area is 159 Å². The summed E-state index contributed by atoms with van der Waals surface area (Å²) >= 11 is 0. The number of hydrogen-bond donors (Lipinski definition) is 2. The number of rotatable bonds is 7. The van der Waals surface area contributed by atoms with Crippen LogP contribution in [0, 0.1) is 0 Å². The Balaban J connectivity index is 1.80. The number of fused-ring (bicyclic) bond motifs is 1. The third-order valence-electron chi connectivity index (χ3n) is 4.85. The van der Waals surface area contributed by atoms with Crippen molar-refractivity contribution in [2.45, 2.75) is 32.6 Å². The third kappa shape index (κ3) is 4.60. The second kappa shape index (κ2) is 8.90. The maximum Gasteiger partial charge on any atom is 0.356 e. The van der Waals surface area contributed by atoms with E-state index < -0.39 is 5.97 Å². The molecule has 7 heteroatoms. The molecule has 146 valence electrons. The number of likely N-dealkylation sites (tertiary alicyclic amines) is 1. The molecule has 1 aromatic heterocycles. The van der Waals surface area contributed by atoms with Crippen LogP contribution in [0.3, 0.4) is 0 Å². The van der Waals surface area contributed by atoms with Gasteiger partial charge in [0.15, 0.2) is 0 Å². The zero-order valence-electron chi connectivity index (χ0n) is 16.0. The van der Waals surface area contributed by atoms with Crippen LogP contribution in [-0.2, 0) is 9.53 Å². The highest BCUT2D eigenvalue weighted by molar-refractivity contribution is 6.11. The molecule has 0 radical (unpaired) electrons. The molecule has 2 heterocycles. The number of carbonyl (C=O) groups is 2. The lowest BCUT2D eigenvalue weighted by atomic mass is 10.1. The van der Waals surface area contributed by atoms with Gasteiger partial charge in [0.1, 0.15) is 11.4 Å². The number of hydrogen-bond acceptors (Lipinski definition) is 5. The van der Waals surface area contributed by atoms with Crippen molar-refractivity contribution in [3.05, 3.63) is 23.9 Å². The van der Waals surface area contributed by atoms with Gasteiger partial charge in [-0.3, -0.25) is 4.79 Å². The second-order valence-corrected chi connectivity index (χ2v) is 6.71. The minimum absolute atomic E-state index is 0.116. The van der Waals surface area contributed by atoms with Gasteiger partial charge in [-0.25, -0.2) is 4.79 Å². The molecule has 0 unspecified atom stereocenters. The number of carbonyl (C=O) groups excluding carboxylic acids is 2. The van der Waals surface area contributed by atoms with Crippen molar-refractivity contribution in [3.63, 3.8) is 0 Å². The van der Waals surface area contributed by atoms with Crippen LogP contribution < -0.4 is 10.1 Å². The highest BCUT2D eigenvalue weighted by Gasteiger charge is 2.21. The number of nitrogens with zero attached hydrogens (tertiary/aromatic N) is 1. The van der Waals surface area contributed by atoms with E-state index in [4.69, 9.17) is 9.47 Å². The summed E-state index contributed by atoms with van der Waals surface area (Å²) in [6.07, 6.45) is 4.04. The van der Waals surface area contributed by atoms with Crippen LogP contribution in [0.15, 0.2) is 18.2 Å². The number of piperidine rings is 1. The van der Waals surface area contributed by atoms with E-state index in [1.54, 1.807) is 26.2 Å². The first kappa shape index (κ1) is 19.2. The van der Waals surface area contributed by atoms with E-state index >= 15 is 0 Å². The van der Waals surface area contributed by atoms with Crippen molar-refractivity contribution in [1.29, 1.82) is 0 Å². The standard InChI is InChI=1S/C20H27N3O4/c1-3-27-20(25)19-18(15-13-14(26-2)7-8-16(15)21-19)22-17(24)9-12-23-10-5-4-6-11-23/h7-8,13,21H,3-6,9-12H2,1-2H3,(H,22,24). The van der Waals surface area contributed by atoms with Crippen LogP contribution in [0.2, 0.25) is 0 Å². The van der Waals surface area contributed by atoms with Gasteiger partial charge in [0.25, 0.3) is 0 Å². The first-order valence-corrected chi connectivity index (χ1v) is 9.51. The molecule has 1 aromatic carbocycles. The number of methoxy groups -OCH3 is 1. The van der Waals surface area contributed by atoms with Crippen molar-refractivity contribution in [1.82, 2.24) is 9.88 Å². The van der Waals surface area contributed by atoms with Gasteiger partial charge in [0, 0.05) is 23.9 Å². The molecule has 0 aliphatic carbocycles. The van der Waals surface area contributed by atoms with Crippen molar-refractivity contribution >= 4 is 28.5 Å². The molecule has 1 amide bonds. The van der Waals surface area contributed by atoms with Gasteiger partial charge in [-0.15, -0.1) is 0 Å². The molecule has 0 spiro atoms. The fourth-order valence-electron chi connectivity index (χ4n) is 3.43. The summed E-state index contributed by atoms with van der Waals surface area (Å²) in [6, 6.07) is 5.42. The van der Waals surface area contributed by atoms with Crippen LogP contribution in [-0.4, -0.2) is 55.1 Å². The summed E-state index contributed by atoms with van der Waals surface area (Å²) < 4.78 is 10.4. The molecule has 1 fully saturated rings. The van der Waals surface area contributed by atoms with Crippen molar-refractivity contribution in [3.8, 4) is 5.75 Å². The number of ether oxygens (including phenoxy) is 2. The Hall–Kier alpha value is -2.54. The number of benzene rings is 1. The van der Waals surface area contributed by atoms with Gasteiger partial charge < -0.3 is 24.7 Å². The molecular weight excluding hydrogens is 346 g/mol. The van der Waals surface area contributed by atoms with Gasteiger partial charge in [0.2, 0.25) is 5.91 Å². The molecule has 2 N–H and O–H groups in total. The van der Waals surface area contributed by atoms with Crippen LogP contribution >= 0.6 is 0 Å². The number of amides is 1. The fraction of sp³-hybridized carbons (Fsp3) is 0.500. The molecule has 0 bridgehead atoms. The highest BCUT2D eigenvalue weighted by Crippen LogP contribution is 2.31. The number of aromatic nitrogens is 1. The molecule has 0 saturated carbocycles. The van der Waals surface area contributed by atoms with Crippen LogP contribution in [0.5, 0.6) is 5.75 Å². The lowest BCUT2D eigenvalue weighted by Crippen LogP contribution is -2.32. The van der Waals surface area contributed by atoms with E-state index in [1.807, 2.05) is 6.07 Å². The summed E-state index contributed by atoms with van der Waals surface area (Å²) in [6.45, 7) is 4.84. The Morgan fingerprint density at radius 3 is 2.70 bits per heavy atom. The highest BCUT2D eigenvalue weighted by atomic mass is 16.5. The molecular formula is C20H27N3O4. The quantitative estimate of drug-likeness (QED) is 0.729. The first-order valence-electron chi connectivity index (χ1n) is 9.51.